The summed E-state index contributed by atoms with van der Waals surface area (Å²) in [5.74, 6) is 0.855. The van der Waals surface area contributed by atoms with Crippen molar-refractivity contribution in [3.05, 3.63) is 633 Å². The van der Waals surface area contributed by atoms with Gasteiger partial charge in [-0.1, -0.05) is 473 Å². The van der Waals surface area contributed by atoms with Gasteiger partial charge >= 0.3 is 0 Å². The molecule has 0 aliphatic heterocycles. The van der Waals surface area contributed by atoms with Crippen LogP contribution in [0.1, 0.15) is 80.5 Å². The van der Waals surface area contributed by atoms with Crippen molar-refractivity contribution in [2.75, 3.05) is 33.7 Å². The minimum absolute atomic E-state index is 0.0527. The summed E-state index contributed by atoms with van der Waals surface area (Å²) in [7, 11) is 1.69. The molecular formula is C137H114N10O. The van der Waals surface area contributed by atoms with Gasteiger partial charge in [0.1, 0.15) is 5.75 Å². The Morgan fingerprint density at radius 1 is 0.223 bits per heavy atom. The lowest BCUT2D eigenvalue weighted by molar-refractivity contribution is 0.414. The first kappa shape index (κ1) is 97.8. The summed E-state index contributed by atoms with van der Waals surface area (Å²) in [6, 6.07) is 198. The summed E-state index contributed by atoms with van der Waals surface area (Å²) in [5.41, 5.74) is 31.8. The number of pyridine rings is 5. The van der Waals surface area contributed by atoms with Gasteiger partial charge in [0.2, 0.25) is 0 Å². The van der Waals surface area contributed by atoms with Gasteiger partial charge in [0.15, 0.2) is 0 Å². The van der Waals surface area contributed by atoms with Crippen LogP contribution in [0.3, 0.4) is 0 Å². The number of ether oxygens (including phenoxy) is 1. The van der Waals surface area contributed by atoms with Crippen LogP contribution in [0.5, 0.6) is 5.75 Å². The highest BCUT2D eigenvalue weighted by Crippen LogP contribution is 2.39. The van der Waals surface area contributed by atoms with Gasteiger partial charge in [0.25, 0.3) is 0 Å². The number of rotatable bonds is 28. The SMILES string of the molecule is COc1ccc(NC(c2ccccc2)c2cccc(-c3ccccc3)n2)c(C)c1.c1ccc(-c2cccc(C(Nc3cccc4ccccc34)c3ccccc3)n2)cc1.c1ccc(-c2cccc(C(Nc3ccccc3-c3ccccc3)c3ccccc3)n2)cc1.c1ccc(-c2cccc(CNc3ccccc3-c3ccccc3)n2)cc1.c1ccc(CC(Nc2cccc3ccccc23)c2cccc(-c3ccccc3)n2)cc1. The molecule has 0 radical (unpaired) electrons. The second-order valence-electron chi connectivity index (χ2n) is 35.9. The number of aryl methyl sites for hydroxylation is 1. The number of aromatic nitrogens is 5. The van der Waals surface area contributed by atoms with E-state index in [-0.39, 0.29) is 24.2 Å². The van der Waals surface area contributed by atoms with Gasteiger partial charge in [-0.25, -0.2) is 0 Å². The third-order valence-corrected chi connectivity index (χ3v) is 25.9. The van der Waals surface area contributed by atoms with Crippen LogP contribution in [0.15, 0.2) is 576 Å². The average Bonchev–Trinajstić information content (AvgIpc) is 0.805. The zero-order valence-corrected chi connectivity index (χ0v) is 82.7. The zero-order chi connectivity index (χ0) is 100. The Morgan fingerprint density at radius 2 is 0.514 bits per heavy atom. The summed E-state index contributed by atoms with van der Waals surface area (Å²) in [5, 5.41) is 23.5. The molecule has 5 aromatic heterocycles. The number of hydrogen-bond donors (Lipinski definition) is 5. The van der Waals surface area contributed by atoms with Crippen LogP contribution in [0, 0.1) is 6.92 Å². The maximum atomic E-state index is 5.35. The van der Waals surface area contributed by atoms with Gasteiger partial charge in [-0.3, -0.25) is 24.9 Å². The van der Waals surface area contributed by atoms with E-state index in [1.165, 1.54) is 66.1 Å². The number of hydrogen-bond acceptors (Lipinski definition) is 11. The Labute approximate surface area is 868 Å². The van der Waals surface area contributed by atoms with Crippen molar-refractivity contribution in [2.45, 2.75) is 44.1 Å². The molecule has 4 unspecified atom stereocenters. The monoisotopic (exact) mass is 1910 g/mol. The molecule has 0 saturated carbocycles. The van der Waals surface area contributed by atoms with E-state index < -0.39 is 0 Å². The van der Waals surface area contributed by atoms with E-state index in [2.05, 4.69) is 488 Å². The molecule has 23 aromatic rings. The van der Waals surface area contributed by atoms with E-state index in [1.54, 1.807) is 7.11 Å². The fraction of sp³-hybridized carbons (Fsp3) is 0.0584. The van der Waals surface area contributed by atoms with Crippen molar-refractivity contribution >= 4 is 50.0 Å². The largest absolute Gasteiger partial charge is 0.497 e. The number of benzene rings is 18. The van der Waals surface area contributed by atoms with Crippen LogP contribution in [0.4, 0.5) is 28.4 Å². The predicted molar refractivity (Wildman–Crippen MR) is 617 cm³/mol. The Morgan fingerprint density at radius 3 is 0.919 bits per heavy atom. The summed E-state index contributed by atoms with van der Waals surface area (Å²) in [6.07, 6.45) is 0.856. The molecule has 0 amide bonds. The van der Waals surface area contributed by atoms with Crippen molar-refractivity contribution in [3.8, 4) is 84.3 Å². The standard InChI is InChI=1S/C30H24N2.C29H24N2.C28H22N2.C26H24N2O.C24H20N2/c1-4-13-23(14-5-1)26-19-10-11-20-28(26)32-30(25-17-8-3-9-18-25)29-22-12-21-27(31-29)24-15-6-2-7-16-24;1-3-11-22(12-4-1)21-29(31-27-19-9-16-23-13-7-8-17-25(23)27)28-20-10-18-26(30-28)24-14-5-2-6-15-24;1-3-12-22(13-4-1)25-18-10-20-27(29-25)28(23-14-5-2-6-15-23)30-26-19-9-16-21-11-7-8-17-24(21)26;1-19-18-22(29-2)16-17-23(19)28-26(21-12-7-4-8-13-21)25-15-9-14-24(27-25)20-10-5-3-6-11-20;1-3-10-19(11-4-1)22-15-7-8-16-24(22)25-18-21-14-9-17-23(26-21)20-12-5-2-6-13-20/h1-22,30,32H;1-20,29,31H,21H2;1-20,28,30H;3-18,26,28H,1-2H3;1-17,25H,18H2. The highest BCUT2D eigenvalue weighted by Gasteiger charge is 2.24. The van der Waals surface area contributed by atoms with E-state index in [4.69, 9.17) is 29.7 Å². The van der Waals surface area contributed by atoms with Crippen LogP contribution < -0.4 is 31.3 Å². The fourth-order valence-corrected chi connectivity index (χ4v) is 18.4. The number of para-hydroxylation sites is 2. The second-order valence-corrected chi connectivity index (χ2v) is 35.9. The van der Waals surface area contributed by atoms with Crippen molar-refractivity contribution in [2.24, 2.45) is 0 Å². The quantitative estimate of drug-likeness (QED) is 0.0321. The topological polar surface area (TPSA) is 134 Å². The van der Waals surface area contributed by atoms with Crippen LogP contribution in [0.25, 0.3) is 100 Å². The van der Waals surface area contributed by atoms with Crippen LogP contribution >= 0.6 is 0 Å². The molecule has 718 valence electrons. The van der Waals surface area contributed by atoms with Gasteiger partial charge in [-0.2, -0.15) is 0 Å². The Balaban J connectivity index is 0.000000117. The number of fused-ring (bicyclic) bond motifs is 2. The minimum atomic E-state index is -0.0790. The second kappa shape index (κ2) is 50.1. The first-order valence-electron chi connectivity index (χ1n) is 50.3. The number of nitrogens with one attached hydrogen (secondary N) is 5. The first-order chi connectivity index (χ1) is 73.3. The smallest absolute Gasteiger partial charge is 0.119 e. The van der Waals surface area contributed by atoms with Crippen molar-refractivity contribution in [1.29, 1.82) is 0 Å². The lowest BCUT2D eigenvalue weighted by Crippen LogP contribution is -2.15. The third kappa shape index (κ3) is 25.9. The molecule has 0 fully saturated rings. The molecule has 23 rings (SSSR count). The number of anilines is 5. The lowest BCUT2D eigenvalue weighted by Gasteiger charge is -2.23. The third-order valence-electron chi connectivity index (χ3n) is 25.9. The zero-order valence-electron chi connectivity index (χ0n) is 82.7. The summed E-state index contributed by atoms with van der Waals surface area (Å²) >= 11 is 0. The molecule has 148 heavy (non-hydrogen) atoms. The van der Waals surface area contributed by atoms with Crippen LogP contribution in [-0.2, 0) is 13.0 Å². The minimum Gasteiger partial charge on any atom is -0.497 e. The summed E-state index contributed by atoms with van der Waals surface area (Å²) < 4.78 is 5.35. The van der Waals surface area contributed by atoms with E-state index in [0.717, 1.165) is 131 Å². The van der Waals surface area contributed by atoms with Crippen molar-refractivity contribution in [1.82, 2.24) is 24.9 Å². The van der Waals surface area contributed by atoms with E-state index in [0.29, 0.717) is 6.54 Å². The van der Waals surface area contributed by atoms with Gasteiger partial charge in [-0.05, 0) is 166 Å². The summed E-state index contributed by atoms with van der Waals surface area (Å²) in [4.78, 5) is 24.9. The summed E-state index contributed by atoms with van der Waals surface area (Å²) in [6.45, 7) is 2.77. The molecule has 0 spiro atoms. The fourth-order valence-electron chi connectivity index (χ4n) is 18.4. The Hall–Kier alpha value is -19.0. The molecule has 5 N–H and O–H groups in total. The van der Waals surface area contributed by atoms with Crippen molar-refractivity contribution < 1.29 is 4.74 Å². The normalized spacial score (nSPS) is 11.5. The van der Waals surface area contributed by atoms with Crippen molar-refractivity contribution in [3.63, 3.8) is 0 Å². The maximum absolute atomic E-state index is 5.35. The first-order valence-corrected chi connectivity index (χ1v) is 50.3. The van der Waals surface area contributed by atoms with Gasteiger partial charge in [0, 0.05) is 78.2 Å². The molecule has 0 bridgehead atoms. The van der Waals surface area contributed by atoms with Gasteiger partial charge < -0.3 is 31.3 Å². The number of methoxy groups -OCH3 is 1. The molecule has 5 heterocycles. The van der Waals surface area contributed by atoms with Crippen LogP contribution in [0.2, 0.25) is 0 Å². The molecule has 4 atom stereocenters. The predicted octanol–water partition coefficient (Wildman–Crippen LogP) is 34.3. The van der Waals surface area contributed by atoms with E-state index >= 15 is 0 Å². The molecule has 18 aromatic carbocycles. The highest BCUT2D eigenvalue weighted by atomic mass is 16.5. The lowest BCUT2D eigenvalue weighted by atomic mass is 9.99. The number of nitrogens with zero attached hydrogens (tertiary/aromatic N) is 5. The molecule has 11 heteroatoms. The van der Waals surface area contributed by atoms with Gasteiger partial charge in [0.05, 0.1) is 94.8 Å². The molecule has 11 nitrogen and oxygen atoms in total. The Kier molecular flexibility index (Phi) is 33.1. The molecule has 0 aliphatic carbocycles. The van der Waals surface area contributed by atoms with Gasteiger partial charge in [-0.15, -0.1) is 0 Å². The Bertz CT molecular complexity index is 8100. The van der Waals surface area contributed by atoms with E-state index in [1.807, 2.05) is 121 Å². The molecule has 0 saturated heterocycles. The maximum Gasteiger partial charge on any atom is 0.119 e. The molecular weight excluding hydrogens is 1800 g/mol. The van der Waals surface area contributed by atoms with Crippen LogP contribution in [-0.4, -0.2) is 32.0 Å². The molecule has 0 aliphatic rings. The highest BCUT2D eigenvalue weighted by molar-refractivity contribution is 5.95. The van der Waals surface area contributed by atoms with E-state index in [9.17, 15) is 0 Å². The average molecular weight is 1920 g/mol.